The molecular weight excluding hydrogens is 150 g/mol. The minimum absolute atomic E-state index is 0.637. The predicted octanol–water partition coefficient (Wildman–Crippen LogP) is 1.51. The highest BCUT2D eigenvalue weighted by Gasteiger charge is 2.09. The van der Waals surface area contributed by atoms with Crippen LogP contribution < -0.4 is 5.73 Å². The second kappa shape index (κ2) is 3.17. The highest BCUT2D eigenvalue weighted by atomic mass is 15.3. The van der Waals surface area contributed by atoms with Gasteiger partial charge in [0.15, 0.2) is 0 Å². The van der Waals surface area contributed by atoms with Crippen molar-refractivity contribution in [1.29, 1.82) is 0 Å². The molecule has 0 fully saturated rings. The molecule has 0 atom stereocenters. The second-order valence-electron chi connectivity index (χ2n) is 3.68. The van der Waals surface area contributed by atoms with Crippen LogP contribution in [0.5, 0.6) is 0 Å². The van der Waals surface area contributed by atoms with E-state index in [1.807, 2.05) is 14.0 Å². The van der Waals surface area contributed by atoms with Crippen LogP contribution in [0.15, 0.2) is 0 Å². The van der Waals surface area contributed by atoms with E-state index in [0.29, 0.717) is 5.92 Å². The van der Waals surface area contributed by atoms with E-state index in [2.05, 4.69) is 18.9 Å². The van der Waals surface area contributed by atoms with Crippen molar-refractivity contribution >= 4 is 5.82 Å². The molecule has 0 aliphatic heterocycles. The Bertz CT molecular complexity index is 274. The SMILES string of the molecule is Cc1c(CC(C)C)nn(C)c1N. The van der Waals surface area contributed by atoms with Crippen molar-refractivity contribution in [1.82, 2.24) is 9.78 Å². The third-order valence-corrected chi connectivity index (χ3v) is 2.04. The van der Waals surface area contributed by atoms with Gasteiger partial charge < -0.3 is 5.73 Å². The Labute approximate surface area is 73.6 Å². The summed E-state index contributed by atoms with van der Waals surface area (Å²) in [5.74, 6) is 1.42. The highest BCUT2D eigenvalue weighted by Crippen LogP contribution is 2.16. The average Bonchev–Trinajstić information content (AvgIpc) is 2.17. The smallest absolute Gasteiger partial charge is 0.124 e. The van der Waals surface area contributed by atoms with E-state index in [0.717, 1.165) is 23.5 Å². The first-order chi connectivity index (χ1) is 5.52. The number of nitrogens with two attached hydrogens (primary N) is 1. The minimum atomic E-state index is 0.637. The summed E-state index contributed by atoms with van der Waals surface area (Å²) < 4.78 is 1.74. The van der Waals surface area contributed by atoms with Crippen LogP contribution >= 0.6 is 0 Å². The third-order valence-electron chi connectivity index (χ3n) is 2.04. The molecule has 1 rings (SSSR count). The molecule has 0 saturated heterocycles. The van der Waals surface area contributed by atoms with Crippen molar-refractivity contribution in [2.45, 2.75) is 27.2 Å². The molecule has 0 aliphatic carbocycles. The lowest BCUT2D eigenvalue weighted by Gasteiger charge is -2.00. The summed E-state index contributed by atoms with van der Waals surface area (Å²) in [6, 6.07) is 0. The van der Waals surface area contributed by atoms with Gasteiger partial charge in [0.1, 0.15) is 5.82 Å². The first-order valence-electron chi connectivity index (χ1n) is 4.30. The minimum Gasteiger partial charge on any atom is -0.384 e. The van der Waals surface area contributed by atoms with Crippen LogP contribution in [0.3, 0.4) is 0 Å². The van der Waals surface area contributed by atoms with Crippen LogP contribution in [-0.2, 0) is 13.5 Å². The molecule has 0 unspecified atom stereocenters. The fourth-order valence-corrected chi connectivity index (χ4v) is 1.28. The number of nitrogen functional groups attached to an aromatic ring is 1. The van der Waals surface area contributed by atoms with Crippen molar-refractivity contribution in [2.75, 3.05) is 5.73 Å². The summed E-state index contributed by atoms with van der Waals surface area (Å²) in [5, 5.41) is 4.34. The zero-order valence-electron chi connectivity index (χ0n) is 8.26. The van der Waals surface area contributed by atoms with E-state index in [1.54, 1.807) is 4.68 Å². The van der Waals surface area contributed by atoms with Crippen molar-refractivity contribution in [3.8, 4) is 0 Å². The molecule has 0 bridgehead atoms. The molecule has 68 valence electrons. The van der Waals surface area contributed by atoms with Crippen LogP contribution in [0, 0.1) is 12.8 Å². The molecule has 3 heteroatoms. The maximum atomic E-state index is 5.78. The average molecular weight is 167 g/mol. The van der Waals surface area contributed by atoms with Gasteiger partial charge >= 0.3 is 0 Å². The summed E-state index contributed by atoms with van der Waals surface area (Å²) in [5.41, 5.74) is 8.04. The molecule has 0 saturated carbocycles. The van der Waals surface area contributed by atoms with Crippen molar-refractivity contribution in [3.05, 3.63) is 11.3 Å². The molecule has 0 aliphatic rings. The fourth-order valence-electron chi connectivity index (χ4n) is 1.28. The fraction of sp³-hybridized carbons (Fsp3) is 0.667. The highest BCUT2D eigenvalue weighted by molar-refractivity contribution is 5.42. The maximum Gasteiger partial charge on any atom is 0.124 e. The van der Waals surface area contributed by atoms with E-state index >= 15 is 0 Å². The van der Waals surface area contributed by atoms with Gasteiger partial charge in [0.05, 0.1) is 5.69 Å². The van der Waals surface area contributed by atoms with Crippen molar-refractivity contribution in [2.24, 2.45) is 13.0 Å². The summed E-state index contributed by atoms with van der Waals surface area (Å²) in [7, 11) is 1.88. The van der Waals surface area contributed by atoms with Gasteiger partial charge in [0, 0.05) is 12.6 Å². The Hall–Kier alpha value is -0.990. The van der Waals surface area contributed by atoms with E-state index in [-0.39, 0.29) is 0 Å². The summed E-state index contributed by atoms with van der Waals surface area (Å²) >= 11 is 0. The first kappa shape index (κ1) is 9.10. The Balaban J connectivity index is 2.93. The van der Waals surface area contributed by atoms with Crippen molar-refractivity contribution in [3.63, 3.8) is 0 Å². The third kappa shape index (κ3) is 1.60. The monoisotopic (exact) mass is 167 g/mol. The molecule has 0 aromatic carbocycles. The van der Waals surface area contributed by atoms with E-state index < -0.39 is 0 Å². The molecular formula is C9H17N3. The molecule has 0 amide bonds. The van der Waals surface area contributed by atoms with Crippen LogP contribution in [0.2, 0.25) is 0 Å². The molecule has 1 aromatic rings. The molecule has 1 heterocycles. The van der Waals surface area contributed by atoms with Gasteiger partial charge in [0.2, 0.25) is 0 Å². The van der Waals surface area contributed by atoms with E-state index in [4.69, 9.17) is 5.73 Å². The number of hydrogen-bond acceptors (Lipinski definition) is 2. The Morgan fingerprint density at radius 2 is 2.08 bits per heavy atom. The van der Waals surface area contributed by atoms with E-state index in [9.17, 15) is 0 Å². The number of hydrogen-bond donors (Lipinski definition) is 1. The lowest BCUT2D eigenvalue weighted by atomic mass is 10.1. The summed E-state index contributed by atoms with van der Waals surface area (Å²) in [6.45, 7) is 6.40. The topological polar surface area (TPSA) is 43.8 Å². The quantitative estimate of drug-likeness (QED) is 0.725. The number of anilines is 1. The van der Waals surface area contributed by atoms with Crippen LogP contribution in [-0.4, -0.2) is 9.78 Å². The van der Waals surface area contributed by atoms with Gasteiger partial charge in [-0.1, -0.05) is 13.8 Å². The Morgan fingerprint density at radius 3 is 2.42 bits per heavy atom. The van der Waals surface area contributed by atoms with Crippen molar-refractivity contribution < 1.29 is 0 Å². The van der Waals surface area contributed by atoms with Crippen LogP contribution in [0.4, 0.5) is 5.82 Å². The number of aryl methyl sites for hydroxylation is 1. The van der Waals surface area contributed by atoms with Gasteiger partial charge in [-0.3, -0.25) is 4.68 Å². The lowest BCUT2D eigenvalue weighted by molar-refractivity contribution is 0.619. The number of aromatic nitrogens is 2. The zero-order valence-corrected chi connectivity index (χ0v) is 8.26. The van der Waals surface area contributed by atoms with Gasteiger partial charge in [-0.25, -0.2) is 0 Å². The van der Waals surface area contributed by atoms with Gasteiger partial charge in [0.25, 0.3) is 0 Å². The maximum absolute atomic E-state index is 5.78. The standard InChI is InChI=1S/C9H17N3/c1-6(2)5-8-7(3)9(10)12(4)11-8/h6H,5,10H2,1-4H3. The first-order valence-corrected chi connectivity index (χ1v) is 4.30. The van der Waals surface area contributed by atoms with Crippen LogP contribution in [0.25, 0.3) is 0 Å². The Morgan fingerprint density at radius 1 is 1.50 bits per heavy atom. The molecule has 3 nitrogen and oxygen atoms in total. The normalized spacial score (nSPS) is 11.1. The largest absolute Gasteiger partial charge is 0.384 e. The Kier molecular flexibility index (Phi) is 2.40. The van der Waals surface area contributed by atoms with Gasteiger partial charge in [-0.2, -0.15) is 5.10 Å². The molecule has 0 spiro atoms. The second-order valence-corrected chi connectivity index (χ2v) is 3.68. The lowest BCUT2D eigenvalue weighted by Crippen LogP contribution is -1.98. The zero-order chi connectivity index (χ0) is 9.30. The van der Waals surface area contributed by atoms with Gasteiger partial charge in [-0.15, -0.1) is 0 Å². The number of rotatable bonds is 2. The molecule has 0 radical (unpaired) electrons. The summed E-state index contributed by atoms with van der Waals surface area (Å²) in [4.78, 5) is 0. The molecule has 1 aromatic heterocycles. The van der Waals surface area contributed by atoms with E-state index in [1.165, 1.54) is 0 Å². The molecule has 12 heavy (non-hydrogen) atoms. The molecule has 2 N–H and O–H groups in total. The van der Waals surface area contributed by atoms with Gasteiger partial charge in [-0.05, 0) is 19.3 Å². The number of nitrogens with zero attached hydrogens (tertiary/aromatic N) is 2. The predicted molar refractivity (Wildman–Crippen MR) is 50.9 cm³/mol. The van der Waals surface area contributed by atoms with Crippen LogP contribution in [0.1, 0.15) is 25.1 Å². The summed E-state index contributed by atoms with van der Waals surface area (Å²) in [6.07, 6.45) is 1.01.